The molecule has 4 heterocycles. The fraction of sp³-hybridized carbons (Fsp3) is 0.346. The van der Waals surface area contributed by atoms with E-state index in [9.17, 15) is 4.79 Å². The number of nitrogens with zero attached hydrogens (tertiary/aromatic N) is 4. The molecule has 3 aliphatic rings. The first-order valence-corrected chi connectivity index (χ1v) is 11.9. The molecule has 2 unspecified atom stereocenters. The maximum absolute atomic E-state index is 13.4. The lowest BCUT2D eigenvalue weighted by atomic mass is 9.92. The number of hydrogen-bond donors (Lipinski definition) is 0. The molecule has 3 aromatic rings. The first-order valence-electron chi connectivity index (χ1n) is 11.5. The Hall–Kier alpha value is -2.96. The molecule has 0 N–H and O–H groups in total. The number of likely N-dealkylation sites (tertiary alicyclic amines) is 1. The fourth-order valence-electron chi connectivity index (χ4n) is 5.35. The Morgan fingerprint density at radius 1 is 1.06 bits per heavy atom. The standard InChI is InChI=1S/C26H25ClN4O2/c1-16-28-29-26-18(13-25(32)30-14-20-10-11-21(15-30)33-20)12-23(17-6-8-19(27)9-7-17)22-4-2-3-5-24(22)31(16)26/h2-9,12,18,20-21H,10-11,13-15H2,1H3/t18-,20?,21?/m1/s1. The van der Waals surface area contributed by atoms with Crippen LogP contribution < -0.4 is 0 Å². The Balaban J connectivity index is 1.43. The average molecular weight is 461 g/mol. The van der Waals surface area contributed by atoms with Crippen LogP contribution in [0.25, 0.3) is 11.3 Å². The summed E-state index contributed by atoms with van der Waals surface area (Å²) in [7, 11) is 0. The van der Waals surface area contributed by atoms with E-state index in [1.165, 1.54) is 0 Å². The molecule has 2 aromatic carbocycles. The molecule has 6 rings (SSSR count). The number of para-hydroxylation sites is 1. The van der Waals surface area contributed by atoms with Gasteiger partial charge < -0.3 is 9.64 Å². The second kappa shape index (κ2) is 8.12. The number of hydrogen-bond acceptors (Lipinski definition) is 4. The van der Waals surface area contributed by atoms with Crippen molar-refractivity contribution in [1.29, 1.82) is 0 Å². The van der Waals surface area contributed by atoms with Crippen LogP contribution in [0, 0.1) is 6.92 Å². The number of aryl methyl sites for hydroxylation is 1. The van der Waals surface area contributed by atoms with Gasteiger partial charge in [0.25, 0.3) is 0 Å². The minimum absolute atomic E-state index is 0.144. The van der Waals surface area contributed by atoms with Gasteiger partial charge >= 0.3 is 0 Å². The summed E-state index contributed by atoms with van der Waals surface area (Å²) in [5.74, 6) is 1.56. The highest BCUT2D eigenvalue weighted by atomic mass is 35.5. The lowest BCUT2D eigenvalue weighted by Gasteiger charge is -2.32. The maximum Gasteiger partial charge on any atom is 0.223 e. The second-order valence-electron chi connectivity index (χ2n) is 9.11. The molecule has 0 aliphatic carbocycles. The number of carbonyl (C=O) groups excluding carboxylic acids is 1. The van der Waals surface area contributed by atoms with E-state index in [0.717, 1.165) is 46.9 Å². The van der Waals surface area contributed by atoms with Gasteiger partial charge in [0, 0.05) is 36.0 Å². The molecule has 6 nitrogen and oxygen atoms in total. The summed E-state index contributed by atoms with van der Waals surface area (Å²) in [6.45, 7) is 3.32. The summed E-state index contributed by atoms with van der Waals surface area (Å²) in [6.07, 6.45) is 4.97. The van der Waals surface area contributed by atoms with Gasteiger partial charge in [-0.05, 0) is 49.1 Å². The zero-order valence-electron chi connectivity index (χ0n) is 18.4. The number of rotatable bonds is 3. The topological polar surface area (TPSA) is 60.2 Å². The van der Waals surface area contributed by atoms with Gasteiger partial charge in [0.2, 0.25) is 5.91 Å². The van der Waals surface area contributed by atoms with E-state index in [-0.39, 0.29) is 24.0 Å². The van der Waals surface area contributed by atoms with Crippen molar-refractivity contribution in [2.45, 2.75) is 44.3 Å². The number of carbonyl (C=O) groups is 1. The monoisotopic (exact) mass is 460 g/mol. The van der Waals surface area contributed by atoms with E-state index in [1.807, 2.05) is 48.2 Å². The molecule has 7 heteroatoms. The first kappa shape index (κ1) is 20.6. The molecular weight excluding hydrogens is 436 g/mol. The predicted molar refractivity (Wildman–Crippen MR) is 126 cm³/mol. The van der Waals surface area contributed by atoms with Crippen LogP contribution in [0.1, 0.15) is 48.0 Å². The minimum Gasteiger partial charge on any atom is -0.371 e. The summed E-state index contributed by atoms with van der Waals surface area (Å²) in [5, 5.41) is 9.60. The van der Waals surface area contributed by atoms with Crippen molar-refractivity contribution in [3.05, 3.63) is 82.4 Å². The molecule has 2 bridgehead atoms. The molecule has 2 saturated heterocycles. The zero-order valence-corrected chi connectivity index (χ0v) is 19.2. The van der Waals surface area contributed by atoms with Crippen LogP contribution >= 0.6 is 11.6 Å². The third kappa shape index (κ3) is 3.67. The molecule has 3 atom stereocenters. The van der Waals surface area contributed by atoms with Crippen molar-refractivity contribution >= 4 is 23.1 Å². The van der Waals surface area contributed by atoms with Crippen LogP contribution in [0.3, 0.4) is 0 Å². The average Bonchev–Trinajstić information content (AvgIpc) is 3.33. The van der Waals surface area contributed by atoms with E-state index >= 15 is 0 Å². The van der Waals surface area contributed by atoms with E-state index in [1.54, 1.807) is 0 Å². The van der Waals surface area contributed by atoms with E-state index < -0.39 is 0 Å². The molecule has 0 radical (unpaired) electrons. The van der Waals surface area contributed by atoms with E-state index in [2.05, 4.69) is 33.0 Å². The number of ether oxygens (including phenoxy) is 1. The number of allylic oxidation sites excluding steroid dienone is 1. The Kier molecular flexibility index (Phi) is 5.07. The second-order valence-corrected chi connectivity index (χ2v) is 9.55. The van der Waals surface area contributed by atoms with Crippen LogP contribution in [0.4, 0.5) is 0 Å². The number of benzene rings is 2. The van der Waals surface area contributed by atoms with Crippen molar-refractivity contribution in [3.8, 4) is 5.69 Å². The summed E-state index contributed by atoms with van der Waals surface area (Å²) in [4.78, 5) is 15.4. The third-order valence-corrected chi connectivity index (χ3v) is 7.18. The Morgan fingerprint density at radius 2 is 1.79 bits per heavy atom. The van der Waals surface area contributed by atoms with Gasteiger partial charge in [0.1, 0.15) is 11.6 Å². The molecule has 0 saturated carbocycles. The molecule has 2 fully saturated rings. The van der Waals surface area contributed by atoms with Crippen LogP contribution in [0.2, 0.25) is 5.02 Å². The van der Waals surface area contributed by atoms with Crippen molar-refractivity contribution in [2.24, 2.45) is 0 Å². The highest BCUT2D eigenvalue weighted by Gasteiger charge is 2.37. The Bertz CT molecular complexity index is 1240. The maximum atomic E-state index is 13.4. The lowest BCUT2D eigenvalue weighted by Crippen LogP contribution is -2.46. The van der Waals surface area contributed by atoms with Crippen LogP contribution in [-0.4, -0.2) is 50.9 Å². The normalized spacial score (nSPS) is 23.5. The highest BCUT2D eigenvalue weighted by molar-refractivity contribution is 6.30. The van der Waals surface area contributed by atoms with Crippen molar-refractivity contribution in [3.63, 3.8) is 0 Å². The molecule has 0 spiro atoms. The largest absolute Gasteiger partial charge is 0.371 e. The van der Waals surface area contributed by atoms with E-state index in [0.29, 0.717) is 24.5 Å². The van der Waals surface area contributed by atoms with Gasteiger partial charge in [-0.1, -0.05) is 48.0 Å². The van der Waals surface area contributed by atoms with Gasteiger partial charge in [-0.3, -0.25) is 9.36 Å². The number of fused-ring (bicyclic) bond motifs is 5. The number of amides is 1. The molecule has 33 heavy (non-hydrogen) atoms. The van der Waals surface area contributed by atoms with Gasteiger partial charge in [-0.25, -0.2) is 0 Å². The van der Waals surface area contributed by atoms with Crippen molar-refractivity contribution in [2.75, 3.05) is 13.1 Å². The lowest BCUT2D eigenvalue weighted by molar-refractivity contribution is -0.140. The predicted octanol–water partition coefficient (Wildman–Crippen LogP) is 4.54. The number of aromatic nitrogens is 3. The fourth-order valence-corrected chi connectivity index (χ4v) is 5.47. The third-order valence-electron chi connectivity index (χ3n) is 6.93. The first-order chi connectivity index (χ1) is 16.1. The highest BCUT2D eigenvalue weighted by Crippen LogP contribution is 2.39. The molecule has 3 aliphatic heterocycles. The zero-order chi connectivity index (χ0) is 22.5. The number of halogens is 1. The van der Waals surface area contributed by atoms with Gasteiger partial charge in [-0.15, -0.1) is 10.2 Å². The quantitative estimate of drug-likeness (QED) is 0.575. The van der Waals surface area contributed by atoms with Gasteiger partial charge in [0.05, 0.1) is 17.9 Å². The van der Waals surface area contributed by atoms with Crippen molar-refractivity contribution in [1.82, 2.24) is 19.7 Å². The SMILES string of the molecule is Cc1nnc2n1-c1ccccc1C(c1ccc(Cl)cc1)=C[C@@H]2CC(=O)N1CC2CCC(C1)O2. The number of morpholine rings is 1. The van der Waals surface area contributed by atoms with Crippen LogP contribution in [0.15, 0.2) is 54.6 Å². The summed E-state index contributed by atoms with van der Waals surface area (Å²) < 4.78 is 8.02. The van der Waals surface area contributed by atoms with Gasteiger partial charge in [-0.2, -0.15) is 0 Å². The Labute approximate surface area is 197 Å². The van der Waals surface area contributed by atoms with Gasteiger partial charge in [0.15, 0.2) is 0 Å². The summed E-state index contributed by atoms with van der Waals surface area (Å²) in [6, 6.07) is 16.1. The molecule has 1 amide bonds. The molecule has 168 valence electrons. The minimum atomic E-state index is -0.197. The smallest absolute Gasteiger partial charge is 0.223 e. The molecule has 1 aromatic heterocycles. The molecular formula is C26H25ClN4O2. The van der Waals surface area contributed by atoms with Crippen LogP contribution in [-0.2, 0) is 9.53 Å². The Morgan fingerprint density at radius 3 is 2.55 bits per heavy atom. The summed E-state index contributed by atoms with van der Waals surface area (Å²) >= 11 is 6.17. The van der Waals surface area contributed by atoms with Crippen LogP contribution in [0.5, 0.6) is 0 Å². The van der Waals surface area contributed by atoms with Crippen molar-refractivity contribution < 1.29 is 9.53 Å². The summed E-state index contributed by atoms with van der Waals surface area (Å²) in [5.41, 5.74) is 4.25. The van der Waals surface area contributed by atoms with E-state index in [4.69, 9.17) is 16.3 Å².